The molecular weight excluding hydrogens is 462 g/mol. The normalized spacial score (nSPS) is 13.5. The lowest BCUT2D eigenvalue weighted by molar-refractivity contribution is -0.116. The number of hydrogen-bond acceptors (Lipinski definition) is 7. The smallest absolute Gasteiger partial charge is 0.291 e. The average Bonchev–Trinajstić information content (AvgIpc) is 3.36. The Morgan fingerprint density at radius 1 is 1.18 bits per heavy atom. The number of anilines is 3. The molecule has 1 aromatic carbocycles. The number of aryl methyl sites for hydroxylation is 1. The molecule has 1 aliphatic rings. The molecule has 2 aromatic heterocycles. The van der Waals surface area contributed by atoms with Crippen molar-refractivity contribution in [2.45, 2.75) is 19.8 Å². The van der Waals surface area contributed by atoms with Crippen molar-refractivity contribution in [1.29, 1.82) is 0 Å². The molecule has 11 heteroatoms. The maximum absolute atomic E-state index is 12.6. The third kappa shape index (κ3) is 5.64. The highest BCUT2D eigenvalue weighted by Gasteiger charge is 2.18. The summed E-state index contributed by atoms with van der Waals surface area (Å²) in [7, 11) is 0. The van der Waals surface area contributed by atoms with E-state index in [2.05, 4.69) is 20.6 Å². The SMILES string of the molecule is Cc1nc(N2CCOCC2)[nH]c(=O)c1CCC(=O)Nc1ccc(Cl)cc1NC(=O)c1ccco1. The van der Waals surface area contributed by atoms with Crippen molar-refractivity contribution in [3.63, 3.8) is 0 Å². The molecular formula is C23H24ClN5O5. The number of halogens is 1. The predicted molar refractivity (Wildman–Crippen MR) is 128 cm³/mol. The molecule has 0 radical (unpaired) electrons. The highest BCUT2D eigenvalue weighted by Crippen LogP contribution is 2.27. The van der Waals surface area contributed by atoms with E-state index in [0.29, 0.717) is 59.9 Å². The van der Waals surface area contributed by atoms with Crippen molar-refractivity contribution < 1.29 is 18.7 Å². The Balaban J connectivity index is 1.41. The minimum absolute atomic E-state index is 0.0523. The molecule has 34 heavy (non-hydrogen) atoms. The van der Waals surface area contributed by atoms with Gasteiger partial charge in [0.2, 0.25) is 11.9 Å². The van der Waals surface area contributed by atoms with Gasteiger partial charge < -0.3 is 24.7 Å². The van der Waals surface area contributed by atoms with E-state index in [1.165, 1.54) is 18.4 Å². The lowest BCUT2D eigenvalue weighted by atomic mass is 10.1. The third-order valence-corrected chi connectivity index (χ3v) is 5.61. The monoisotopic (exact) mass is 485 g/mol. The first-order valence-corrected chi connectivity index (χ1v) is 11.2. The molecule has 0 aliphatic carbocycles. The Hall–Kier alpha value is -3.63. The molecule has 178 valence electrons. The lowest BCUT2D eigenvalue weighted by Crippen LogP contribution is -2.38. The number of carbonyl (C=O) groups excluding carboxylic acids is 2. The van der Waals surface area contributed by atoms with Crippen molar-refractivity contribution in [2.75, 3.05) is 41.8 Å². The molecule has 3 N–H and O–H groups in total. The van der Waals surface area contributed by atoms with Gasteiger partial charge in [-0.25, -0.2) is 4.98 Å². The second-order valence-electron chi connectivity index (χ2n) is 7.72. The van der Waals surface area contributed by atoms with Gasteiger partial charge in [-0.1, -0.05) is 11.6 Å². The summed E-state index contributed by atoms with van der Waals surface area (Å²) in [6.45, 7) is 4.24. The number of morpholine rings is 1. The maximum Gasteiger partial charge on any atom is 0.291 e. The number of aromatic amines is 1. The zero-order chi connectivity index (χ0) is 24.1. The topological polar surface area (TPSA) is 130 Å². The van der Waals surface area contributed by atoms with Crippen molar-refractivity contribution in [3.8, 4) is 0 Å². The van der Waals surface area contributed by atoms with Gasteiger partial charge >= 0.3 is 0 Å². The first-order valence-electron chi connectivity index (χ1n) is 10.8. The quantitative estimate of drug-likeness (QED) is 0.469. The number of carbonyl (C=O) groups is 2. The first kappa shape index (κ1) is 23.5. The van der Waals surface area contributed by atoms with Crippen molar-refractivity contribution >= 4 is 40.7 Å². The van der Waals surface area contributed by atoms with Gasteiger partial charge in [0.05, 0.1) is 30.9 Å². The fourth-order valence-corrected chi connectivity index (χ4v) is 3.76. The van der Waals surface area contributed by atoms with E-state index >= 15 is 0 Å². The summed E-state index contributed by atoms with van der Waals surface area (Å²) in [5.74, 6) is -0.166. The van der Waals surface area contributed by atoms with Crippen LogP contribution < -0.4 is 21.1 Å². The molecule has 0 saturated carbocycles. The van der Waals surface area contributed by atoms with Crippen LogP contribution in [0.25, 0.3) is 0 Å². The van der Waals surface area contributed by atoms with E-state index in [1.54, 1.807) is 25.1 Å². The summed E-state index contributed by atoms with van der Waals surface area (Å²) < 4.78 is 10.4. The summed E-state index contributed by atoms with van der Waals surface area (Å²) in [5.41, 5.74) is 1.47. The van der Waals surface area contributed by atoms with Gasteiger partial charge in [0.25, 0.3) is 11.5 Å². The number of furan rings is 1. The van der Waals surface area contributed by atoms with Crippen LogP contribution in [0.5, 0.6) is 0 Å². The Labute approximate surface area is 200 Å². The van der Waals surface area contributed by atoms with Gasteiger partial charge in [0, 0.05) is 35.8 Å². The number of nitrogens with one attached hydrogen (secondary N) is 3. The highest BCUT2D eigenvalue weighted by molar-refractivity contribution is 6.31. The molecule has 10 nitrogen and oxygen atoms in total. The fourth-order valence-electron chi connectivity index (χ4n) is 3.59. The minimum atomic E-state index is -0.476. The van der Waals surface area contributed by atoms with Crippen molar-refractivity contribution in [1.82, 2.24) is 9.97 Å². The summed E-state index contributed by atoms with van der Waals surface area (Å²) >= 11 is 6.06. The molecule has 1 saturated heterocycles. The van der Waals surface area contributed by atoms with Crippen LogP contribution >= 0.6 is 11.6 Å². The number of benzene rings is 1. The average molecular weight is 486 g/mol. The van der Waals surface area contributed by atoms with E-state index in [1.807, 2.05) is 4.90 Å². The summed E-state index contributed by atoms with van der Waals surface area (Å²) in [5, 5.41) is 5.83. The standard InChI is InChI=1S/C23H24ClN5O5/c1-14-16(21(31)28-23(25-14)29-8-11-33-12-9-29)5-7-20(30)26-17-6-4-15(24)13-18(17)27-22(32)19-3-2-10-34-19/h2-4,6,10,13H,5,7-9,11-12H2,1H3,(H,26,30)(H,27,32)(H,25,28,31). The lowest BCUT2D eigenvalue weighted by Gasteiger charge is -2.27. The van der Waals surface area contributed by atoms with Crippen molar-refractivity contribution in [2.24, 2.45) is 0 Å². The van der Waals surface area contributed by atoms with E-state index in [-0.39, 0.29) is 30.1 Å². The number of rotatable bonds is 7. The molecule has 3 heterocycles. The molecule has 0 unspecified atom stereocenters. The van der Waals surface area contributed by atoms with Gasteiger partial charge in [-0.15, -0.1) is 0 Å². The Bertz CT molecular complexity index is 1240. The summed E-state index contributed by atoms with van der Waals surface area (Å²) in [6.07, 6.45) is 1.66. The third-order valence-electron chi connectivity index (χ3n) is 5.37. The van der Waals surface area contributed by atoms with Crippen LogP contribution in [0.2, 0.25) is 5.02 Å². The van der Waals surface area contributed by atoms with Gasteiger partial charge in [-0.05, 0) is 43.7 Å². The fraction of sp³-hybridized carbons (Fsp3) is 0.304. The van der Waals surface area contributed by atoms with E-state index in [4.69, 9.17) is 20.8 Å². The second-order valence-corrected chi connectivity index (χ2v) is 8.16. The van der Waals surface area contributed by atoms with Crippen LogP contribution in [0, 0.1) is 6.92 Å². The molecule has 0 atom stereocenters. The van der Waals surface area contributed by atoms with Crippen LogP contribution in [0.3, 0.4) is 0 Å². The molecule has 4 rings (SSSR count). The molecule has 1 aliphatic heterocycles. The molecule has 0 spiro atoms. The van der Waals surface area contributed by atoms with E-state index < -0.39 is 5.91 Å². The Morgan fingerprint density at radius 2 is 1.97 bits per heavy atom. The Morgan fingerprint density at radius 3 is 2.68 bits per heavy atom. The van der Waals surface area contributed by atoms with Gasteiger partial charge in [0.15, 0.2) is 5.76 Å². The van der Waals surface area contributed by atoms with Crippen LogP contribution in [-0.4, -0.2) is 48.1 Å². The van der Waals surface area contributed by atoms with Crippen molar-refractivity contribution in [3.05, 3.63) is 69.0 Å². The van der Waals surface area contributed by atoms with Gasteiger partial charge in [-0.3, -0.25) is 19.4 Å². The van der Waals surface area contributed by atoms with Crippen LogP contribution in [-0.2, 0) is 16.0 Å². The summed E-state index contributed by atoms with van der Waals surface area (Å²) in [6, 6.07) is 7.84. The van der Waals surface area contributed by atoms with Crippen LogP contribution in [0.15, 0.2) is 45.8 Å². The maximum atomic E-state index is 12.6. The second kappa shape index (κ2) is 10.5. The van der Waals surface area contributed by atoms with Crippen LogP contribution in [0.4, 0.5) is 17.3 Å². The molecule has 0 bridgehead atoms. The van der Waals surface area contributed by atoms with E-state index in [9.17, 15) is 14.4 Å². The Kier molecular flexibility index (Phi) is 7.29. The van der Waals surface area contributed by atoms with E-state index in [0.717, 1.165) is 0 Å². The van der Waals surface area contributed by atoms with Gasteiger partial charge in [0.1, 0.15) is 0 Å². The number of ether oxygens (including phenoxy) is 1. The number of amides is 2. The zero-order valence-electron chi connectivity index (χ0n) is 18.5. The molecule has 2 amide bonds. The van der Waals surface area contributed by atoms with Gasteiger partial charge in [-0.2, -0.15) is 0 Å². The number of hydrogen-bond donors (Lipinski definition) is 3. The minimum Gasteiger partial charge on any atom is -0.459 e. The summed E-state index contributed by atoms with van der Waals surface area (Å²) in [4.78, 5) is 46.9. The first-order chi connectivity index (χ1) is 16.4. The van der Waals surface area contributed by atoms with Crippen LogP contribution in [0.1, 0.15) is 28.2 Å². The number of nitrogens with zero attached hydrogens (tertiary/aromatic N) is 2. The molecule has 1 fully saturated rings. The highest BCUT2D eigenvalue weighted by atomic mass is 35.5. The predicted octanol–water partition coefficient (Wildman–Crippen LogP) is 2.98. The zero-order valence-corrected chi connectivity index (χ0v) is 19.3. The number of H-pyrrole nitrogens is 1. The number of aromatic nitrogens is 2. The molecule has 3 aromatic rings. The largest absolute Gasteiger partial charge is 0.459 e.